The van der Waals surface area contributed by atoms with Crippen LogP contribution in [0.4, 0.5) is 5.82 Å². The van der Waals surface area contributed by atoms with Crippen LogP contribution in [0, 0.1) is 0 Å². The summed E-state index contributed by atoms with van der Waals surface area (Å²) in [7, 11) is 0. The van der Waals surface area contributed by atoms with Crippen molar-refractivity contribution in [3.05, 3.63) is 54.4 Å². The molecule has 0 unspecified atom stereocenters. The lowest BCUT2D eigenvalue weighted by molar-refractivity contribution is 0.0395. The molecule has 112 valence electrons. The average molecular weight is 296 g/mol. The molecule has 3 heterocycles. The van der Waals surface area contributed by atoms with Crippen LogP contribution < -0.4 is 4.90 Å². The van der Waals surface area contributed by atoms with Crippen molar-refractivity contribution < 1.29 is 14.3 Å². The van der Waals surface area contributed by atoms with Gasteiger partial charge in [0.1, 0.15) is 23.3 Å². The first-order valence-corrected chi connectivity index (χ1v) is 7.29. The number of pyridine rings is 1. The van der Waals surface area contributed by atoms with Gasteiger partial charge in [-0.2, -0.15) is 0 Å². The molecule has 22 heavy (non-hydrogen) atoms. The van der Waals surface area contributed by atoms with Crippen LogP contribution in [-0.2, 0) is 4.74 Å². The van der Waals surface area contributed by atoms with E-state index in [9.17, 15) is 5.11 Å². The maximum atomic E-state index is 9.65. The van der Waals surface area contributed by atoms with Crippen molar-refractivity contribution in [2.45, 2.75) is 6.10 Å². The molecule has 1 saturated heterocycles. The van der Waals surface area contributed by atoms with Crippen LogP contribution in [-0.4, -0.2) is 29.8 Å². The van der Waals surface area contributed by atoms with Crippen molar-refractivity contribution in [1.82, 2.24) is 4.98 Å². The number of aromatic nitrogens is 1. The van der Waals surface area contributed by atoms with Gasteiger partial charge in [-0.15, -0.1) is 0 Å². The fourth-order valence-electron chi connectivity index (χ4n) is 2.90. The SMILES string of the molecule is Oc1cccc([C@H]2CN(c3nccc4occc34)CCO2)c1. The summed E-state index contributed by atoms with van der Waals surface area (Å²) in [5, 5.41) is 10.7. The van der Waals surface area contributed by atoms with E-state index < -0.39 is 0 Å². The Morgan fingerprint density at radius 1 is 1.23 bits per heavy atom. The Bertz CT molecular complexity index is 799. The van der Waals surface area contributed by atoms with Gasteiger partial charge in [-0.1, -0.05) is 12.1 Å². The molecule has 5 nitrogen and oxygen atoms in total. The van der Waals surface area contributed by atoms with E-state index in [1.165, 1.54) is 0 Å². The second-order valence-electron chi connectivity index (χ2n) is 5.37. The lowest BCUT2D eigenvalue weighted by Gasteiger charge is -2.34. The van der Waals surface area contributed by atoms with Gasteiger partial charge in [0.2, 0.25) is 0 Å². The van der Waals surface area contributed by atoms with Gasteiger partial charge in [-0.3, -0.25) is 0 Å². The molecule has 0 radical (unpaired) electrons. The number of nitrogens with zero attached hydrogens (tertiary/aromatic N) is 2. The fraction of sp³-hybridized carbons (Fsp3) is 0.235. The molecule has 4 rings (SSSR count). The molecule has 0 bridgehead atoms. The van der Waals surface area contributed by atoms with Crippen LogP contribution in [0.3, 0.4) is 0 Å². The van der Waals surface area contributed by atoms with Gasteiger partial charge in [-0.05, 0) is 29.8 Å². The van der Waals surface area contributed by atoms with Crippen molar-refractivity contribution in [3.63, 3.8) is 0 Å². The topological polar surface area (TPSA) is 58.7 Å². The number of furan rings is 1. The van der Waals surface area contributed by atoms with Gasteiger partial charge in [-0.25, -0.2) is 4.98 Å². The lowest BCUT2D eigenvalue weighted by atomic mass is 10.1. The van der Waals surface area contributed by atoms with Crippen LogP contribution in [0.1, 0.15) is 11.7 Å². The predicted octanol–water partition coefficient (Wildman–Crippen LogP) is 3.11. The number of ether oxygens (including phenoxy) is 1. The molecular formula is C17H16N2O3. The van der Waals surface area contributed by atoms with Crippen molar-refractivity contribution in [3.8, 4) is 5.75 Å². The van der Waals surface area contributed by atoms with Crippen LogP contribution in [0.15, 0.2) is 53.3 Å². The largest absolute Gasteiger partial charge is 0.508 e. The van der Waals surface area contributed by atoms with Crippen molar-refractivity contribution in [2.75, 3.05) is 24.6 Å². The van der Waals surface area contributed by atoms with E-state index in [-0.39, 0.29) is 11.9 Å². The molecule has 1 atom stereocenters. The Kier molecular flexibility index (Phi) is 3.20. The molecule has 1 aromatic carbocycles. The zero-order valence-electron chi connectivity index (χ0n) is 12.0. The molecular weight excluding hydrogens is 280 g/mol. The van der Waals surface area contributed by atoms with Gasteiger partial charge in [0.25, 0.3) is 0 Å². The van der Waals surface area contributed by atoms with Gasteiger partial charge in [0.05, 0.1) is 18.3 Å². The number of benzene rings is 1. The number of phenols is 1. The second-order valence-corrected chi connectivity index (χ2v) is 5.37. The van der Waals surface area contributed by atoms with E-state index in [1.807, 2.05) is 24.3 Å². The second kappa shape index (κ2) is 5.35. The summed E-state index contributed by atoms with van der Waals surface area (Å²) < 4.78 is 11.3. The van der Waals surface area contributed by atoms with E-state index in [0.29, 0.717) is 13.2 Å². The Morgan fingerprint density at radius 3 is 3.09 bits per heavy atom. The summed E-state index contributed by atoms with van der Waals surface area (Å²) in [5.41, 5.74) is 1.81. The van der Waals surface area contributed by atoms with Crippen molar-refractivity contribution >= 4 is 16.8 Å². The monoisotopic (exact) mass is 296 g/mol. The Hall–Kier alpha value is -2.53. The first-order chi connectivity index (χ1) is 10.8. The summed E-state index contributed by atoms with van der Waals surface area (Å²) in [4.78, 5) is 6.71. The zero-order valence-corrected chi connectivity index (χ0v) is 12.0. The quantitative estimate of drug-likeness (QED) is 0.787. The summed E-state index contributed by atoms with van der Waals surface area (Å²) >= 11 is 0. The number of fused-ring (bicyclic) bond motifs is 1. The van der Waals surface area contributed by atoms with E-state index in [1.54, 1.807) is 24.6 Å². The number of rotatable bonds is 2. The van der Waals surface area contributed by atoms with E-state index in [0.717, 1.165) is 28.9 Å². The molecule has 1 N–H and O–H groups in total. The van der Waals surface area contributed by atoms with E-state index in [2.05, 4.69) is 9.88 Å². The summed E-state index contributed by atoms with van der Waals surface area (Å²) in [6, 6.07) is 11.0. The van der Waals surface area contributed by atoms with Crippen molar-refractivity contribution in [1.29, 1.82) is 0 Å². The van der Waals surface area contributed by atoms with E-state index >= 15 is 0 Å². The maximum Gasteiger partial charge on any atom is 0.139 e. The van der Waals surface area contributed by atoms with Gasteiger partial charge < -0.3 is 19.2 Å². The number of hydrogen-bond acceptors (Lipinski definition) is 5. The summed E-state index contributed by atoms with van der Waals surface area (Å²) in [5.74, 6) is 1.17. The minimum absolute atomic E-state index is 0.0789. The van der Waals surface area contributed by atoms with Crippen LogP contribution in [0.2, 0.25) is 0 Å². The third-order valence-corrected chi connectivity index (χ3v) is 3.97. The highest BCUT2D eigenvalue weighted by atomic mass is 16.5. The Labute approximate surface area is 127 Å². The predicted molar refractivity (Wildman–Crippen MR) is 83.0 cm³/mol. The van der Waals surface area contributed by atoms with Gasteiger partial charge >= 0.3 is 0 Å². The molecule has 1 fully saturated rings. The Balaban J connectivity index is 1.65. The Morgan fingerprint density at radius 2 is 2.18 bits per heavy atom. The highest BCUT2D eigenvalue weighted by Crippen LogP contribution is 2.30. The van der Waals surface area contributed by atoms with Crippen LogP contribution >= 0.6 is 0 Å². The summed E-state index contributed by atoms with van der Waals surface area (Å²) in [6.45, 7) is 2.10. The minimum atomic E-state index is -0.0789. The van der Waals surface area contributed by atoms with Crippen LogP contribution in [0.5, 0.6) is 5.75 Å². The summed E-state index contributed by atoms with van der Waals surface area (Å²) in [6.07, 6.45) is 3.37. The number of morpholine rings is 1. The zero-order chi connectivity index (χ0) is 14.9. The molecule has 1 aliphatic heterocycles. The van der Waals surface area contributed by atoms with Crippen LogP contribution in [0.25, 0.3) is 11.0 Å². The highest BCUT2D eigenvalue weighted by Gasteiger charge is 2.24. The lowest BCUT2D eigenvalue weighted by Crippen LogP contribution is -2.38. The smallest absolute Gasteiger partial charge is 0.139 e. The normalized spacial score (nSPS) is 18.7. The van der Waals surface area contributed by atoms with Gasteiger partial charge in [0, 0.05) is 19.3 Å². The minimum Gasteiger partial charge on any atom is -0.508 e. The number of phenolic OH excluding ortho intramolecular Hbond substituents is 1. The third-order valence-electron chi connectivity index (χ3n) is 3.97. The molecule has 0 amide bonds. The molecule has 1 aliphatic rings. The molecule has 0 aliphatic carbocycles. The number of anilines is 1. The van der Waals surface area contributed by atoms with Gasteiger partial charge in [0.15, 0.2) is 0 Å². The maximum absolute atomic E-state index is 9.65. The molecule has 2 aromatic heterocycles. The molecule has 5 heteroatoms. The standard InChI is InChI=1S/C17H16N2O3/c20-13-3-1-2-12(10-13)16-11-19(7-9-22-16)17-14-5-8-21-15(14)4-6-18-17/h1-6,8,10,16,20H,7,9,11H2/t16-/m1/s1. The fourth-order valence-corrected chi connectivity index (χ4v) is 2.90. The average Bonchev–Trinajstić information content (AvgIpc) is 3.03. The van der Waals surface area contributed by atoms with E-state index in [4.69, 9.17) is 9.15 Å². The first kappa shape index (κ1) is 13.2. The highest BCUT2D eigenvalue weighted by molar-refractivity contribution is 5.88. The molecule has 0 saturated carbocycles. The number of aromatic hydroxyl groups is 1. The number of hydrogen-bond donors (Lipinski definition) is 1. The third kappa shape index (κ3) is 2.29. The molecule has 3 aromatic rings. The first-order valence-electron chi connectivity index (χ1n) is 7.29. The molecule has 0 spiro atoms. The van der Waals surface area contributed by atoms with Crippen molar-refractivity contribution in [2.24, 2.45) is 0 Å².